The van der Waals surface area contributed by atoms with E-state index in [0.29, 0.717) is 18.8 Å². The van der Waals surface area contributed by atoms with Gasteiger partial charge >= 0.3 is 5.97 Å². The SMILES string of the molecule is CCCCOC(=O)C1(C)C[C@@H]2O[C@@H]2C1. The minimum atomic E-state index is -0.263. The third-order valence-electron chi connectivity index (χ3n) is 3.21. The van der Waals surface area contributed by atoms with Gasteiger partial charge in [0, 0.05) is 0 Å². The molecule has 1 aliphatic carbocycles. The fourth-order valence-electron chi connectivity index (χ4n) is 2.16. The van der Waals surface area contributed by atoms with Crippen LogP contribution in [0.1, 0.15) is 39.5 Å². The van der Waals surface area contributed by atoms with Gasteiger partial charge in [0.2, 0.25) is 0 Å². The number of epoxide rings is 1. The molecule has 0 aromatic carbocycles. The van der Waals surface area contributed by atoms with E-state index in [1.807, 2.05) is 6.92 Å². The summed E-state index contributed by atoms with van der Waals surface area (Å²) in [7, 11) is 0. The molecule has 1 heterocycles. The van der Waals surface area contributed by atoms with E-state index in [1.165, 1.54) is 0 Å². The summed E-state index contributed by atoms with van der Waals surface area (Å²) in [6, 6.07) is 0. The Hall–Kier alpha value is -0.570. The number of carbonyl (C=O) groups excluding carboxylic acids is 1. The second-order valence-corrected chi connectivity index (χ2v) is 4.67. The fraction of sp³-hybridized carbons (Fsp3) is 0.909. The topological polar surface area (TPSA) is 38.8 Å². The molecule has 0 spiro atoms. The van der Waals surface area contributed by atoms with Crippen molar-refractivity contribution in [2.45, 2.75) is 51.7 Å². The summed E-state index contributed by atoms with van der Waals surface area (Å²) in [6.45, 7) is 4.66. The molecule has 3 heteroatoms. The Morgan fingerprint density at radius 1 is 1.50 bits per heavy atom. The second kappa shape index (κ2) is 3.54. The standard InChI is InChI=1S/C11H18O3/c1-3-4-5-13-10(12)11(2)6-8-9(7-11)14-8/h8-9H,3-7H2,1-2H3/t8-,9+,11?. The molecule has 1 aliphatic heterocycles. The van der Waals surface area contributed by atoms with Crippen LogP contribution in [-0.2, 0) is 14.3 Å². The number of carbonyl (C=O) groups is 1. The van der Waals surface area contributed by atoms with Crippen molar-refractivity contribution in [1.82, 2.24) is 0 Å². The maximum absolute atomic E-state index is 11.7. The van der Waals surface area contributed by atoms with E-state index < -0.39 is 0 Å². The first-order valence-electron chi connectivity index (χ1n) is 5.48. The minimum Gasteiger partial charge on any atom is -0.465 e. The highest BCUT2D eigenvalue weighted by molar-refractivity contribution is 5.77. The zero-order chi connectivity index (χ0) is 10.2. The van der Waals surface area contributed by atoms with E-state index in [0.717, 1.165) is 25.7 Å². The Morgan fingerprint density at radius 3 is 2.71 bits per heavy atom. The quantitative estimate of drug-likeness (QED) is 0.393. The van der Waals surface area contributed by atoms with Gasteiger partial charge in [-0.15, -0.1) is 0 Å². The van der Waals surface area contributed by atoms with Crippen molar-refractivity contribution in [2.24, 2.45) is 5.41 Å². The van der Waals surface area contributed by atoms with Gasteiger partial charge in [-0.1, -0.05) is 13.3 Å². The first kappa shape index (κ1) is 9.97. The van der Waals surface area contributed by atoms with E-state index in [9.17, 15) is 4.79 Å². The van der Waals surface area contributed by atoms with Crippen LogP contribution in [0.4, 0.5) is 0 Å². The van der Waals surface area contributed by atoms with Crippen LogP contribution in [0, 0.1) is 5.41 Å². The Kier molecular flexibility index (Phi) is 2.52. The number of ether oxygens (including phenoxy) is 2. The lowest BCUT2D eigenvalue weighted by molar-refractivity contribution is -0.156. The van der Waals surface area contributed by atoms with Gasteiger partial charge in [0.25, 0.3) is 0 Å². The van der Waals surface area contributed by atoms with Crippen molar-refractivity contribution in [3.8, 4) is 0 Å². The lowest BCUT2D eigenvalue weighted by Crippen LogP contribution is -2.29. The highest BCUT2D eigenvalue weighted by Crippen LogP contribution is 2.50. The molecule has 2 fully saturated rings. The van der Waals surface area contributed by atoms with Crippen LogP contribution < -0.4 is 0 Å². The van der Waals surface area contributed by atoms with Gasteiger partial charge in [0.15, 0.2) is 0 Å². The van der Waals surface area contributed by atoms with Gasteiger partial charge in [-0.2, -0.15) is 0 Å². The number of hydrogen-bond donors (Lipinski definition) is 0. The number of esters is 1. The third kappa shape index (κ3) is 1.78. The Morgan fingerprint density at radius 2 is 2.14 bits per heavy atom. The molecule has 0 bridgehead atoms. The van der Waals surface area contributed by atoms with Gasteiger partial charge in [0.1, 0.15) is 0 Å². The van der Waals surface area contributed by atoms with E-state index >= 15 is 0 Å². The van der Waals surface area contributed by atoms with Crippen LogP contribution in [0.5, 0.6) is 0 Å². The molecule has 0 aromatic heterocycles. The van der Waals surface area contributed by atoms with Crippen LogP contribution in [0.2, 0.25) is 0 Å². The van der Waals surface area contributed by atoms with Crippen LogP contribution in [-0.4, -0.2) is 24.8 Å². The van der Waals surface area contributed by atoms with Crippen molar-refractivity contribution >= 4 is 5.97 Å². The van der Waals surface area contributed by atoms with Crippen molar-refractivity contribution in [1.29, 1.82) is 0 Å². The van der Waals surface area contributed by atoms with Gasteiger partial charge in [0.05, 0.1) is 24.2 Å². The molecule has 0 amide bonds. The monoisotopic (exact) mass is 198 g/mol. The zero-order valence-electron chi connectivity index (χ0n) is 8.91. The molecule has 0 N–H and O–H groups in total. The average Bonchev–Trinajstić information content (AvgIpc) is 2.75. The normalized spacial score (nSPS) is 39.3. The molecule has 14 heavy (non-hydrogen) atoms. The highest BCUT2D eigenvalue weighted by Gasteiger charge is 2.57. The van der Waals surface area contributed by atoms with Gasteiger partial charge in [-0.3, -0.25) is 4.79 Å². The summed E-state index contributed by atoms with van der Waals surface area (Å²) in [5.74, 6) is -0.0262. The zero-order valence-corrected chi connectivity index (χ0v) is 8.91. The summed E-state index contributed by atoms with van der Waals surface area (Å²) < 4.78 is 10.6. The fourth-order valence-corrected chi connectivity index (χ4v) is 2.16. The van der Waals surface area contributed by atoms with Gasteiger partial charge in [-0.25, -0.2) is 0 Å². The first-order valence-corrected chi connectivity index (χ1v) is 5.48. The smallest absolute Gasteiger partial charge is 0.311 e. The lowest BCUT2D eigenvalue weighted by atomic mass is 9.88. The molecule has 3 atom stereocenters. The van der Waals surface area contributed by atoms with Gasteiger partial charge in [-0.05, 0) is 26.2 Å². The van der Waals surface area contributed by atoms with Crippen molar-refractivity contribution in [3.05, 3.63) is 0 Å². The van der Waals surface area contributed by atoms with E-state index in [2.05, 4.69) is 6.92 Å². The molecular weight excluding hydrogens is 180 g/mol. The minimum absolute atomic E-state index is 0.0262. The Balaban J connectivity index is 1.79. The predicted molar refractivity (Wildman–Crippen MR) is 51.9 cm³/mol. The molecule has 1 saturated heterocycles. The van der Waals surface area contributed by atoms with Crippen LogP contribution in [0.3, 0.4) is 0 Å². The van der Waals surface area contributed by atoms with E-state index in [-0.39, 0.29) is 11.4 Å². The summed E-state index contributed by atoms with van der Waals surface area (Å²) >= 11 is 0. The first-order chi connectivity index (χ1) is 6.65. The van der Waals surface area contributed by atoms with Crippen LogP contribution in [0.15, 0.2) is 0 Å². The summed E-state index contributed by atoms with van der Waals surface area (Å²) in [6.07, 6.45) is 4.42. The summed E-state index contributed by atoms with van der Waals surface area (Å²) in [4.78, 5) is 11.7. The average molecular weight is 198 g/mol. The molecule has 0 aromatic rings. The second-order valence-electron chi connectivity index (χ2n) is 4.67. The summed E-state index contributed by atoms with van der Waals surface area (Å²) in [5, 5.41) is 0. The Labute approximate surface area is 84.8 Å². The van der Waals surface area contributed by atoms with Crippen LogP contribution in [0.25, 0.3) is 0 Å². The maximum Gasteiger partial charge on any atom is 0.311 e. The number of unbranched alkanes of at least 4 members (excludes halogenated alkanes) is 1. The van der Waals surface area contributed by atoms with Crippen molar-refractivity contribution in [3.63, 3.8) is 0 Å². The number of hydrogen-bond acceptors (Lipinski definition) is 3. The maximum atomic E-state index is 11.7. The third-order valence-corrected chi connectivity index (χ3v) is 3.21. The van der Waals surface area contributed by atoms with Gasteiger partial charge < -0.3 is 9.47 Å². The molecule has 0 radical (unpaired) electrons. The number of rotatable bonds is 4. The number of fused-ring (bicyclic) bond motifs is 1. The molecule has 80 valence electrons. The molecule has 3 nitrogen and oxygen atoms in total. The molecular formula is C11H18O3. The molecule has 1 saturated carbocycles. The molecule has 1 unspecified atom stereocenters. The van der Waals surface area contributed by atoms with Crippen LogP contribution >= 0.6 is 0 Å². The largest absolute Gasteiger partial charge is 0.465 e. The Bertz CT molecular complexity index is 227. The lowest BCUT2D eigenvalue weighted by Gasteiger charge is -2.22. The summed E-state index contributed by atoms with van der Waals surface area (Å²) in [5.41, 5.74) is -0.263. The van der Waals surface area contributed by atoms with E-state index in [4.69, 9.17) is 9.47 Å². The predicted octanol–water partition coefficient (Wildman–Crippen LogP) is 1.90. The molecule has 2 aliphatic rings. The van der Waals surface area contributed by atoms with E-state index in [1.54, 1.807) is 0 Å². The van der Waals surface area contributed by atoms with Crippen molar-refractivity contribution < 1.29 is 14.3 Å². The van der Waals surface area contributed by atoms with Crippen molar-refractivity contribution in [2.75, 3.05) is 6.61 Å². The highest BCUT2D eigenvalue weighted by atomic mass is 16.6. The molecule has 2 rings (SSSR count).